The van der Waals surface area contributed by atoms with Gasteiger partial charge in [0.15, 0.2) is 10.9 Å². The summed E-state index contributed by atoms with van der Waals surface area (Å²) in [6.45, 7) is 7.32. The predicted octanol–water partition coefficient (Wildman–Crippen LogP) is 4.56. The average molecular weight is 402 g/mol. The molecule has 0 aliphatic heterocycles. The number of nitrogens with one attached hydrogen (secondary N) is 1. The molecular formula is C19H19N3O3S2. The van der Waals surface area contributed by atoms with Gasteiger partial charge < -0.3 is 4.74 Å². The van der Waals surface area contributed by atoms with E-state index in [4.69, 9.17) is 4.74 Å². The van der Waals surface area contributed by atoms with Gasteiger partial charge in [-0.05, 0) is 38.5 Å². The topological polar surface area (TPSA) is 81.2 Å². The van der Waals surface area contributed by atoms with Gasteiger partial charge in [-0.3, -0.25) is 14.9 Å². The predicted molar refractivity (Wildman–Crippen MR) is 107 cm³/mol. The zero-order chi connectivity index (χ0) is 19.6. The molecule has 1 aromatic carbocycles. The Hall–Kier alpha value is -2.58. The molecule has 0 atom stereocenters. The quantitative estimate of drug-likeness (QED) is 0.613. The normalized spacial score (nSPS) is 10.7. The van der Waals surface area contributed by atoms with Crippen LogP contribution >= 0.6 is 22.7 Å². The van der Waals surface area contributed by atoms with Crippen molar-refractivity contribution in [2.45, 2.75) is 34.3 Å². The summed E-state index contributed by atoms with van der Waals surface area (Å²) in [7, 11) is 0. The number of benzene rings is 1. The number of ether oxygens (including phenoxy) is 1. The van der Waals surface area contributed by atoms with Gasteiger partial charge in [0.25, 0.3) is 5.91 Å². The number of aromatic nitrogens is 2. The molecule has 3 aromatic rings. The van der Waals surface area contributed by atoms with Crippen LogP contribution in [0.15, 0.2) is 24.3 Å². The number of aryl methyl sites for hydroxylation is 3. The van der Waals surface area contributed by atoms with Gasteiger partial charge in [0.1, 0.15) is 22.2 Å². The van der Waals surface area contributed by atoms with Gasteiger partial charge in [-0.1, -0.05) is 23.5 Å². The first-order chi connectivity index (χ1) is 12.8. The Morgan fingerprint density at radius 1 is 1.07 bits per heavy atom. The standard InChI is InChI=1S/C19H19N3O3S2/c1-10-6-5-7-14(8-10)25-9-15-20-12(3)17(26-15)18(24)22-19-21-11(2)16(27-19)13(4)23/h5-8H,9H2,1-4H3,(H,21,22,24). The van der Waals surface area contributed by atoms with E-state index in [1.807, 2.05) is 31.2 Å². The van der Waals surface area contributed by atoms with Crippen LogP contribution in [-0.4, -0.2) is 21.7 Å². The Kier molecular flexibility index (Phi) is 5.67. The molecule has 0 aliphatic rings. The summed E-state index contributed by atoms with van der Waals surface area (Å²) in [6.07, 6.45) is 0. The Balaban J connectivity index is 1.69. The van der Waals surface area contributed by atoms with Gasteiger partial charge >= 0.3 is 0 Å². The summed E-state index contributed by atoms with van der Waals surface area (Å²) in [4.78, 5) is 33.8. The van der Waals surface area contributed by atoms with Crippen LogP contribution in [0.4, 0.5) is 5.13 Å². The zero-order valence-electron chi connectivity index (χ0n) is 15.5. The molecule has 1 amide bonds. The molecule has 140 valence electrons. The fourth-order valence-electron chi connectivity index (χ4n) is 2.51. The highest BCUT2D eigenvalue weighted by molar-refractivity contribution is 7.18. The van der Waals surface area contributed by atoms with Crippen molar-refractivity contribution in [3.8, 4) is 5.75 Å². The molecule has 27 heavy (non-hydrogen) atoms. The minimum atomic E-state index is -0.282. The molecule has 0 unspecified atom stereocenters. The molecule has 0 saturated heterocycles. The second-order valence-electron chi connectivity index (χ2n) is 6.07. The summed E-state index contributed by atoms with van der Waals surface area (Å²) in [6, 6.07) is 7.77. The number of carbonyl (C=O) groups is 2. The van der Waals surface area contributed by atoms with E-state index in [2.05, 4.69) is 15.3 Å². The molecule has 3 rings (SSSR count). The van der Waals surface area contributed by atoms with Crippen LogP contribution in [0.25, 0.3) is 0 Å². The van der Waals surface area contributed by atoms with Gasteiger partial charge in [-0.25, -0.2) is 9.97 Å². The molecule has 8 heteroatoms. The molecular weight excluding hydrogens is 382 g/mol. The summed E-state index contributed by atoms with van der Waals surface area (Å²) in [5.74, 6) is 0.426. The highest BCUT2D eigenvalue weighted by atomic mass is 32.1. The third-order valence-electron chi connectivity index (χ3n) is 3.74. The molecule has 0 aliphatic carbocycles. The summed E-state index contributed by atoms with van der Waals surface area (Å²) >= 11 is 2.47. The fraction of sp³-hybridized carbons (Fsp3) is 0.263. The van der Waals surface area contributed by atoms with E-state index in [1.165, 1.54) is 29.6 Å². The lowest BCUT2D eigenvalue weighted by molar-refractivity contribution is 0.101. The number of thiazole rings is 2. The number of ketones is 1. The van der Waals surface area contributed by atoms with Crippen molar-refractivity contribution >= 4 is 39.5 Å². The maximum atomic E-state index is 12.6. The summed E-state index contributed by atoms with van der Waals surface area (Å²) < 4.78 is 5.75. The molecule has 0 radical (unpaired) electrons. The number of carbonyl (C=O) groups excluding carboxylic acids is 2. The zero-order valence-corrected chi connectivity index (χ0v) is 17.1. The maximum absolute atomic E-state index is 12.6. The van der Waals surface area contributed by atoms with Crippen molar-refractivity contribution in [2.24, 2.45) is 0 Å². The largest absolute Gasteiger partial charge is 0.486 e. The Bertz CT molecular complexity index is 1010. The molecule has 2 aromatic heterocycles. The smallest absolute Gasteiger partial charge is 0.269 e. The second kappa shape index (κ2) is 7.98. The van der Waals surface area contributed by atoms with Crippen LogP contribution in [0.2, 0.25) is 0 Å². The van der Waals surface area contributed by atoms with Gasteiger partial charge in [-0.15, -0.1) is 11.3 Å². The van der Waals surface area contributed by atoms with Crippen LogP contribution in [-0.2, 0) is 6.61 Å². The lowest BCUT2D eigenvalue weighted by Gasteiger charge is -2.04. The molecule has 0 saturated carbocycles. The molecule has 0 bridgehead atoms. The van der Waals surface area contributed by atoms with Gasteiger partial charge in [0, 0.05) is 6.92 Å². The molecule has 6 nitrogen and oxygen atoms in total. The van der Waals surface area contributed by atoms with Gasteiger partial charge in [0.2, 0.25) is 0 Å². The highest BCUT2D eigenvalue weighted by Gasteiger charge is 2.19. The number of hydrogen-bond acceptors (Lipinski definition) is 7. The molecule has 0 spiro atoms. The number of Topliss-reactive ketones (excluding diaryl/α,β-unsaturated/α-hetero) is 1. The van der Waals surface area contributed by atoms with E-state index in [-0.39, 0.29) is 11.7 Å². The molecule has 1 N–H and O–H groups in total. The Morgan fingerprint density at radius 3 is 2.48 bits per heavy atom. The monoisotopic (exact) mass is 401 g/mol. The lowest BCUT2D eigenvalue weighted by atomic mass is 10.2. The van der Waals surface area contributed by atoms with Crippen LogP contribution in [0.1, 0.15) is 48.2 Å². The SMILES string of the molecule is CC(=O)c1sc(NC(=O)c2sc(COc3cccc(C)c3)nc2C)nc1C. The summed E-state index contributed by atoms with van der Waals surface area (Å²) in [5, 5.41) is 3.89. The number of rotatable bonds is 6. The van der Waals surface area contributed by atoms with E-state index in [1.54, 1.807) is 13.8 Å². The molecule has 2 heterocycles. The average Bonchev–Trinajstić information content (AvgIpc) is 3.15. The van der Waals surface area contributed by atoms with Crippen molar-refractivity contribution in [2.75, 3.05) is 5.32 Å². The van der Waals surface area contributed by atoms with Crippen LogP contribution in [0, 0.1) is 20.8 Å². The van der Waals surface area contributed by atoms with Crippen LogP contribution in [0.5, 0.6) is 5.75 Å². The third-order valence-corrected chi connectivity index (χ3v) is 6.04. The number of hydrogen-bond donors (Lipinski definition) is 1. The van der Waals surface area contributed by atoms with E-state index in [0.29, 0.717) is 32.9 Å². The first kappa shape index (κ1) is 19.2. The highest BCUT2D eigenvalue weighted by Crippen LogP contribution is 2.26. The number of nitrogens with zero attached hydrogens (tertiary/aromatic N) is 2. The number of amides is 1. The summed E-state index contributed by atoms with van der Waals surface area (Å²) in [5.41, 5.74) is 2.38. The minimum absolute atomic E-state index is 0.0601. The van der Waals surface area contributed by atoms with Crippen LogP contribution in [0.3, 0.4) is 0 Å². The fourth-order valence-corrected chi connectivity index (χ4v) is 4.24. The lowest BCUT2D eigenvalue weighted by Crippen LogP contribution is -2.11. The van der Waals surface area contributed by atoms with Crippen molar-refractivity contribution in [3.05, 3.63) is 56.0 Å². The first-order valence-electron chi connectivity index (χ1n) is 8.29. The van der Waals surface area contributed by atoms with Crippen LogP contribution < -0.4 is 10.1 Å². The van der Waals surface area contributed by atoms with Crippen molar-refractivity contribution in [3.63, 3.8) is 0 Å². The van der Waals surface area contributed by atoms with E-state index < -0.39 is 0 Å². The minimum Gasteiger partial charge on any atom is -0.486 e. The third kappa shape index (κ3) is 4.58. The molecule has 0 fully saturated rings. The number of anilines is 1. The van der Waals surface area contributed by atoms with Gasteiger partial charge in [-0.2, -0.15) is 0 Å². The second-order valence-corrected chi connectivity index (χ2v) is 8.15. The van der Waals surface area contributed by atoms with E-state index >= 15 is 0 Å². The maximum Gasteiger partial charge on any atom is 0.269 e. The Morgan fingerprint density at radius 2 is 1.81 bits per heavy atom. The van der Waals surface area contributed by atoms with Crippen molar-refractivity contribution in [1.29, 1.82) is 0 Å². The van der Waals surface area contributed by atoms with Gasteiger partial charge in [0.05, 0.1) is 16.3 Å². The Labute approximate surface area is 165 Å². The van der Waals surface area contributed by atoms with Crippen molar-refractivity contribution < 1.29 is 14.3 Å². The van der Waals surface area contributed by atoms with Crippen molar-refractivity contribution in [1.82, 2.24) is 9.97 Å². The van der Waals surface area contributed by atoms with E-state index in [9.17, 15) is 9.59 Å². The first-order valence-corrected chi connectivity index (χ1v) is 9.92. The van der Waals surface area contributed by atoms with E-state index in [0.717, 1.165) is 16.3 Å².